The van der Waals surface area contributed by atoms with Crippen molar-refractivity contribution in [2.45, 2.75) is 12.5 Å². The fourth-order valence-electron chi connectivity index (χ4n) is 3.35. The molecule has 2 saturated heterocycles. The van der Waals surface area contributed by atoms with Crippen molar-refractivity contribution < 1.29 is 19.4 Å². The van der Waals surface area contributed by atoms with E-state index >= 15 is 0 Å². The molecule has 2 fully saturated rings. The van der Waals surface area contributed by atoms with E-state index < -0.39 is 17.9 Å². The predicted octanol–water partition coefficient (Wildman–Crippen LogP) is -0.273. The van der Waals surface area contributed by atoms with E-state index in [4.69, 9.17) is 4.74 Å². The van der Waals surface area contributed by atoms with Crippen LogP contribution in [0.4, 0.5) is 0 Å². The van der Waals surface area contributed by atoms with E-state index in [0.29, 0.717) is 19.8 Å². The molecule has 0 saturated carbocycles. The molecule has 3 heterocycles. The molecule has 2 atom stereocenters. The van der Waals surface area contributed by atoms with Gasteiger partial charge in [0.2, 0.25) is 5.91 Å². The van der Waals surface area contributed by atoms with Crippen LogP contribution in [0.25, 0.3) is 0 Å². The standard InChI is InChI=1S/C15H22N4O4/c1-17-10-11(9-16-17)14-12(15(21)22)8-13(20)19(14)3-2-18-4-6-23-7-5-18/h9-10,12,14H,2-8H2,1H3,(H,21,22)/t12-,14-/m0/s1. The van der Waals surface area contributed by atoms with E-state index in [2.05, 4.69) is 10.00 Å². The van der Waals surface area contributed by atoms with E-state index in [1.54, 1.807) is 29.0 Å². The number of rotatable bonds is 5. The highest BCUT2D eigenvalue weighted by molar-refractivity contribution is 5.87. The Morgan fingerprint density at radius 2 is 2.13 bits per heavy atom. The zero-order chi connectivity index (χ0) is 16.4. The molecule has 0 bridgehead atoms. The van der Waals surface area contributed by atoms with Crippen molar-refractivity contribution in [2.24, 2.45) is 13.0 Å². The quantitative estimate of drug-likeness (QED) is 0.803. The second-order valence-electron chi connectivity index (χ2n) is 6.08. The third kappa shape index (κ3) is 3.37. The Morgan fingerprint density at radius 1 is 1.39 bits per heavy atom. The minimum atomic E-state index is -0.930. The number of morpholine rings is 1. The minimum absolute atomic E-state index is 0.0536. The maximum Gasteiger partial charge on any atom is 0.309 e. The summed E-state index contributed by atoms with van der Waals surface area (Å²) in [6.07, 6.45) is 3.50. The van der Waals surface area contributed by atoms with Gasteiger partial charge >= 0.3 is 5.97 Å². The first-order valence-electron chi connectivity index (χ1n) is 7.87. The van der Waals surface area contributed by atoms with Crippen molar-refractivity contribution in [3.05, 3.63) is 18.0 Å². The van der Waals surface area contributed by atoms with Crippen LogP contribution in [-0.4, -0.2) is 76.0 Å². The number of amides is 1. The number of carboxylic acid groups (broad SMARTS) is 1. The van der Waals surface area contributed by atoms with Gasteiger partial charge in [-0.2, -0.15) is 5.10 Å². The third-order valence-corrected chi connectivity index (χ3v) is 4.58. The fourth-order valence-corrected chi connectivity index (χ4v) is 3.35. The Morgan fingerprint density at radius 3 is 2.74 bits per heavy atom. The fraction of sp³-hybridized carbons (Fsp3) is 0.667. The summed E-state index contributed by atoms with van der Waals surface area (Å²) in [5, 5.41) is 13.6. The first-order valence-corrected chi connectivity index (χ1v) is 7.87. The number of aryl methyl sites for hydroxylation is 1. The van der Waals surface area contributed by atoms with Crippen LogP contribution in [0.2, 0.25) is 0 Å². The molecular weight excluding hydrogens is 300 g/mol. The van der Waals surface area contributed by atoms with Crippen LogP contribution >= 0.6 is 0 Å². The number of hydrogen-bond donors (Lipinski definition) is 1. The van der Waals surface area contributed by atoms with Gasteiger partial charge in [0, 0.05) is 51.4 Å². The molecular formula is C15H22N4O4. The van der Waals surface area contributed by atoms with Crippen molar-refractivity contribution in [1.82, 2.24) is 19.6 Å². The third-order valence-electron chi connectivity index (χ3n) is 4.58. The minimum Gasteiger partial charge on any atom is -0.481 e. The molecule has 0 aromatic carbocycles. The summed E-state index contributed by atoms with van der Waals surface area (Å²) >= 11 is 0. The van der Waals surface area contributed by atoms with Crippen LogP contribution in [-0.2, 0) is 21.4 Å². The number of carboxylic acids is 1. The molecule has 1 aromatic heterocycles. The Bertz CT molecular complexity index is 582. The van der Waals surface area contributed by atoms with Gasteiger partial charge in [-0.3, -0.25) is 19.2 Å². The lowest BCUT2D eigenvalue weighted by atomic mass is 9.96. The van der Waals surface area contributed by atoms with Gasteiger partial charge in [-0.25, -0.2) is 0 Å². The largest absolute Gasteiger partial charge is 0.481 e. The van der Waals surface area contributed by atoms with Crippen molar-refractivity contribution in [1.29, 1.82) is 0 Å². The number of aromatic nitrogens is 2. The van der Waals surface area contributed by atoms with E-state index in [1.807, 2.05) is 0 Å². The topological polar surface area (TPSA) is 87.9 Å². The number of nitrogens with zero attached hydrogens (tertiary/aromatic N) is 4. The molecule has 2 aliphatic rings. The molecule has 0 unspecified atom stereocenters. The van der Waals surface area contributed by atoms with Gasteiger partial charge in [-0.1, -0.05) is 0 Å². The summed E-state index contributed by atoms with van der Waals surface area (Å²) in [6.45, 7) is 4.37. The molecule has 1 N–H and O–H groups in total. The van der Waals surface area contributed by atoms with Crippen molar-refractivity contribution in [3.63, 3.8) is 0 Å². The van der Waals surface area contributed by atoms with Gasteiger partial charge < -0.3 is 14.7 Å². The first-order chi connectivity index (χ1) is 11.1. The number of hydrogen-bond acceptors (Lipinski definition) is 5. The van der Waals surface area contributed by atoms with Crippen LogP contribution < -0.4 is 0 Å². The molecule has 126 valence electrons. The van der Waals surface area contributed by atoms with E-state index in [1.165, 1.54) is 0 Å². The average molecular weight is 322 g/mol. The molecule has 3 rings (SSSR count). The molecule has 1 aromatic rings. The lowest BCUT2D eigenvalue weighted by Gasteiger charge is -2.31. The Labute approximate surface area is 134 Å². The van der Waals surface area contributed by atoms with E-state index in [0.717, 1.165) is 25.2 Å². The Hall–Kier alpha value is -1.93. The summed E-state index contributed by atoms with van der Waals surface area (Å²) < 4.78 is 6.96. The van der Waals surface area contributed by atoms with E-state index in [9.17, 15) is 14.7 Å². The Balaban J connectivity index is 1.75. The number of aliphatic carboxylic acids is 1. The molecule has 8 nitrogen and oxygen atoms in total. The molecule has 23 heavy (non-hydrogen) atoms. The maximum absolute atomic E-state index is 12.3. The van der Waals surface area contributed by atoms with Gasteiger partial charge in [0.1, 0.15) is 0 Å². The number of carbonyl (C=O) groups is 2. The lowest BCUT2D eigenvalue weighted by Crippen LogP contribution is -2.42. The SMILES string of the molecule is Cn1cc([C@H]2[C@@H](C(=O)O)CC(=O)N2CCN2CCOCC2)cn1. The summed E-state index contributed by atoms with van der Waals surface area (Å²) in [5.41, 5.74) is 0.785. The summed E-state index contributed by atoms with van der Waals surface area (Å²) in [5.74, 6) is -1.74. The summed E-state index contributed by atoms with van der Waals surface area (Å²) in [4.78, 5) is 27.8. The summed E-state index contributed by atoms with van der Waals surface area (Å²) in [7, 11) is 1.79. The molecule has 0 radical (unpaired) electrons. The summed E-state index contributed by atoms with van der Waals surface area (Å²) in [6, 6.07) is -0.435. The highest BCUT2D eigenvalue weighted by atomic mass is 16.5. The van der Waals surface area contributed by atoms with Gasteiger partial charge in [0.25, 0.3) is 0 Å². The molecule has 0 aliphatic carbocycles. The number of carbonyl (C=O) groups excluding carboxylic acids is 1. The zero-order valence-electron chi connectivity index (χ0n) is 13.2. The van der Waals surface area contributed by atoms with Crippen LogP contribution in [0, 0.1) is 5.92 Å². The van der Waals surface area contributed by atoms with Crippen molar-refractivity contribution in [3.8, 4) is 0 Å². The predicted molar refractivity (Wildman–Crippen MR) is 80.7 cm³/mol. The Kier molecular flexibility index (Phi) is 4.63. The lowest BCUT2D eigenvalue weighted by molar-refractivity contribution is -0.142. The van der Waals surface area contributed by atoms with Crippen LogP contribution in [0.5, 0.6) is 0 Å². The monoisotopic (exact) mass is 322 g/mol. The molecule has 8 heteroatoms. The highest BCUT2D eigenvalue weighted by Crippen LogP contribution is 2.37. The maximum atomic E-state index is 12.3. The van der Waals surface area contributed by atoms with Crippen LogP contribution in [0.15, 0.2) is 12.4 Å². The highest BCUT2D eigenvalue weighted by Gasteiger charge is 2.45. The van der Waals surface area contributed by atoms with Gasteiger partial charge in [0.15, 0.2) is 0 Å². The number of likely N-dealkylation sites (tertiary alicyclic amines) is 1. The number of ether oxygens (including phenoxy) is 1. The second-order valence-corrected chi connectivity index (χ2v) is 6.08. The molecule has 0 spiro atoms. The second kappa shape index (κ2) is 6.67. The smallest absolute Gasteiger partial charge is 0.309 e. The van der Waals surface area contributed by atoms with Crippen LogP contribution in [0.1, 0.15) is 18.0 Å². The zero-order valence-corrected chi connectivity index (χ0v) is 13.2. The van der Waals surface area contributed by atoms with E-state index in [-0.39, 0.29) is 12.3 Å². The van der Waals surface area contributed by atoms with Gasteiger partial charge in [-0.05, 0) is 0 Å². The van der Waals surface area contributed by atoms with Crippen molar-refractivity contribution >= 4 is 11.9 Å². The van der Waals surface area contributed by atoms with Crippen LogP contribution in [0.3, 0.4) is 0 Å². The first kappa shape index (κ1) is 15.9. The molecule has 2 aliphatic heterocycles. The van der Waals surface area contributed by atoms with Gasteiger partial charge in [-0.15, -0.1) is 0 Å². The molecule has 1 amide bonds. The normalized spacial score (nSPS) is 26.0. The van der Waals surface area contributed by atoms with Crippen molar-refractivity contribution in [2.75, 3.05) is 39.4 Å². The average Bonchev–Trinajstić information content (AvgIpc) is 3.09. The van der Waals surface area contributed by atoms with Gasteiger partial charge in [0.05, 0.1) is 31.4 Å².